The molecule has 6 nitrogen and oxygen atoms in total. The average molecular weight is 460 g/mol. The van der Waals surface area contributed by atoms with Crippen molar-refractivity contribution in [3.63, 3.8) is 0 Å². The van der Waals surface area contributed by atoms with Crippen LogP contribution in [0, 0.1) is 26.2 Å². The van der Waals surface area contributed by atoms with Gasteiger partial charge < -0.3 is 4.57 Å². The molecule has 2 aromatic heterocycles. The summed E-state index contributed by atoms with van der Waals surface area (Å²) in [5, 5.41) is 1.72. The molecule has 9 heteroatoms. The number of thiophene rings is 1. The number of sulfonamides is 1. The van der Waals surface area contributed by atoms with E-state index in [9.17, 15) is 13.2 Å². The smallest absolute Gasteiger partial charge is 0.266 e. The number of aryl methyl sites for hydroxylation is 2. The number of hydrogen-bond donors (Lipinski definition) is 0. The molecule has 156 valence electrons. The molecule has 0 aliphatic carbocycles. The average Bonchev–Trinajstić information content (AvgIpc) is 3.43. The fraction of sp³-hybridized carbons (Fsp3) is 0.333. The number of carbonyl (C=O) groups is 1. The van der Waals surface area contributed by atoms with Gasteiger partial charge in [0.05, 0.1) is 16.8 Å². The molecule has 4 rings (SSSR count). The molecule has 1 aliphatic rings. The standard InChI is InChI=1S/C21H21N3O3S3/c1-4-9-23-17-13-14(2)12-15(3)19(17)29-21(23)22-20(25)16-7-5-10-24(16)30(26,27)18-8-6-11-28-18/h1,6,8,11-13,16H,5,7,9-10H2,2-3H3. The lowest BCUT2D eigenvalue weighted by atomic mass is 10.1. The first-order chi connectivity index (χ1) is 14.3. The first-order valence-corrected chi connectivity index (χ1v) is 12.6. The Balaban J connectivity index is 1.77. The van der Waals surface area contributed by atoms with E-state index in [4.69, 9.17) is 6.42 Å². The van der Waals surface area contributed by atoms with Crippen LogP contribution in [0.15, 0.2) is 38.8 Å². The van der Waals surface area contributed by atoms with Gasteiger partial charge in [-0.3, -0.25) is 4.79 Å². The molecule has 1 amide bonds. The van der Waals surface area contributed by atoms with Crippen molar-refractivity contribution in [3.8, 4) is 12.3 Å². The molecule has 3 heterocycles. The van der Waals surface area contributed by atoms with E-state index in [-0.39, 0.29) is 10.8 Å². The van der Waals surface area contributed by atoms with E-state index in [2.05, 4.69) is 17.0 Å². The van der Waals surface area contributed by atoms with Crippen molar-refractivity contribution in [2.75, 3.05) is 6.54 Å². The summed E-state index contributed by atoms with van der Waals surface area (Å²) in [4.78, 5) is 18.0. The van der Waals surface area contributed by atoms with Crippen molar-refractivity contribution < 1.29 is 13.2 Å². The number of amides is 1. The van der Waals surface area contributed by atoms with Crippen molar-refractivity contribution >= 4 is 48.8 Å². The fourth-order valence-electron chi connectivity index (χ4n) is 3.81. The molecule has 1 fully saturated rings. The van der Waals surface area contributed by atoms with Gasteiger partial charge in [0.15, 0.2) is 4.80 Å². The largest absolute Gasteiger partial charge is 0.305 e. The maximum Gasteiger partial charge on any atom is 0.266 e. The number of nitrogens with zero attached hydrogens (tertiary/aromatic N) is 3. The highest BCUT2D eigenvalue weighted by Crippen LogP contribution is 2.29. The molecule has 0 spiro atoms. The van der Waals surface area contributed by atoms with Gasteiger partial charge in [0, 0.05) is 6.54 Å². The highest BCUT2D eigenvalue weighted by atomic mass is 32.2. The summed E-state index contributed by atoms with van der Waals surface area (Å²) in [7, 11) is -3.70. The third-order valence-electron chi connectivity index (χ3n) is 5.12. The lowest BCUT2D eigenvalue weighted by Crippen LogP contribution is -2.40. The van der Waals surface area contributed by atoms with E-state index in [1.807, 2.05) is 24.5 Å². The predicted molar refractivity (Wildman–Crippen MR) is 120 cm³/mol. The van der Waals surface area contributed by atoms with Crippen LogP contribution < -0.4 is 4.80 Å². The lowest BCUT2D eigenvalue weighted by molar-refractivity contribution is -0.121. The number of aromatic nitrogens is 1. The van der Waals surface area contributed by atoms with Crippen LogP contribution in [0.3, 0.4) is 0 Å². The number of fused-ring (bicyclic) bond motifs is 1. The lowest BCUT2D eigenvalue weighted by Gasteiger charge is -2.20. The maximum absolute atomic E-state index is 13.1. The van der Waals surface area contributed by atoms with Gasteiger partial charge in [0.25, 0.3) is 15.9 Å². The number of thiazole rings is 1. The molecule has 0 radical (unpaired) electrons. The van der Waals surface area contributed by atoms with Crippen LogP contribution in [0.5, 0.6) is 0 Å². The van der Waals surface area contributed by atoms with Crippen LogP contribution in [0.4, 0.5) is 0 Å². The van der Waals surface area contributed by atoms with Gasteiger partial charge in [-0.05, 0) is 55.3 Å². The topological polar surface area (TPSA) is 71.7 Å². The van der Waals surface area contributed by atoms with Crippen LogP contribution >= 0.6 is 22.7 Å². The summed E-state index contributed by atoms with van der Waals surface area (Å²) in [6.45, 7) is 4.64. The van der Waals surface area contributed by atoms with E-state index in [1.54, 1.807) is 17.5 Å². The highest BCUT2D eigenvalue weighted by molar-refractivity contribution is 7.91. The zero-order valence-corrected chi connectivity index (χ0v) is 19.1. The van der Waals surface area contributed by atoms with Gasteiger partial charge in [-0.25, -0.2) is 8.42 Å². The molecule has 1 atom stereocenters. The molecule has 0 saturated carbocycles. The van der Waals surface area contributed by atoms with Crippen LogP contribution in [0.1, 0.15) is 24.0 Å². The number of benzene rings is 1. The van der Waals surface area contributed by atoms with Crippen molar-refractivity contribution in [2.45, 2.75) is 43.5 Å². The fourth-order valence-corrected chi connectivity index (χ4v) is 7.67. The van der Waals surface area contributed by atoms with Crippen LogP contribution in [-0.2, 0) is 21.4 Å². The molecule has 0 bridgehead atoms. The summed E-state index contributed by atoms with van der Waals surface area (Å²) < 4.78 is 30.4. The van der Waals surface area contributed by atoms with Crippen LogP contribution in [0.25, 0.3) is 10.2 Å². The number of rotatable bonds is 4. The zero-order chi connectivity index (χ0) is 21.5. The van der Waals surface area contributed by atoms with E-state index < -0.39 is 22.0 Å². The molecule has 1 aromatic carbocycles. The van der Waals surface area contributed by atoms with Crippen molar-refractivity contribution in [3.05, 3.63) is 45.6 Å². The maximum atomic E-state index is 13.1. The molecule has 0 N–H and O–H groups in total. The summed E-state index contributed by atoms with van der Waals surface area (Å²) in [5.74, 6) is 2.18. The Bertz CT molecular complexity index is 1330. The highest BCUT2D eigenvalue weighted by Gasteiger charge is 2.39. The van der Waals surface area contributed by atoms with Gasteiger partial charge in [-0.1, -0.05) is 29.4 Å². The normalized spacial score (nSPS) is 18.2. The Kier molecular flexibility index (Phi) is 5.68. The molecule has 1 unspecified atom stereocenters. The molecule has 1 saturated heterocycles. The van der Waals surface area contributed by atoms with Crippen LogP contribution in [-0.4, -0.2) is 35.8 Å². The molecule has 30 heavy (non-hydrogen) atoms. The van der Waals surface area contributed by atoms with E-state index in [0.29, 0.717) is 24.2 Å². The van der Waals surface area contributed by atoms with E-state index in [0.717, 1.165) is 32.7 Å². The second-order valence-electron chi connectivity index (χ2n) is 7.26. The molecular formula is C21H21N3O3S3. The summed E-state index contributed by atoms with van der Waals surface area (Å²) in [6.07, 6.45) is 6.66. The Labute approximate surface area is 183 Å². The van der Waals surface area contributed by atoms with Gasteiger partial charge >= 0.3 is 0 Å². The van der Waals surface area contributed by atoms with Crippen molar-refractivity contribution in [1.82, 2.24) is 8.87 Å². The first-order valence-electron chi connectivity index (χ1n) is 9.51. The van der Waals surface area contributed by atoms with Crippen molar-refractivity contribution in [2.24, 2.45) is 4.99 Å². The Hall–Kier alpha value is -2.25. The summed E-state index contributed by atoms with van der Waals surface area (Å²) in [6, 6.07) is 6.58. The first kappa shape index (κ1) is 21.0. The number of terminal acetylenes is 1. The zero-order valence-electron chi connectivity index (χ0n) is 16.7. The summed E-state index contributed by atoms with van der Waals surface area (Å²) in [5.41, 5.74) is 3.14. The third kappa shape index (κ3) is 3.65. The number of hydrogen-bond acceptors (Lipinski definition) is 5. The molecular weight excluding hydrogens is 438 g/mol. The van der Waals surface area contributed by atoms with Gasteiger partial charge in [0.1, 0.15) is 10.3 Å². The second-order valence-corrected chi connectivity index (χ2v) is 11.3. The van der Waals surface area contributed by atoms with E-state index >= 15 is 0 Å². The van der Waals surface area contributed by atoms with Gasteiger partial charge in [0.2, 0.25) is 0 Å². The third-order valence-corrected chi connectivity index (χ3v) is 9.63. The quantitative estimate of drug-likeness (QED) is 0.562. The van der Waals surface area contributed by atoms with Crippen LogP contribution in [0.2, 0.25) is 0 Å². The molecule has 1 aliphatic heterocycles. The minimum atomic E-state index is -3.70. The number of carbonyl (C=O) groups excluding carboxylic acids is 1. The molecule has 3 aromatic rings. The Morgan fingerprint density at radius 1 is 1.37 bits per heavy atom. The predicted octanol–water partition coefficient (Wildman–Crippen LogP) is 3.29. The van der Waals surface area contributed by atoms with E-state index in [1.165, 1.54) is 15.6 Å². The summed E-state index contributed by atoms with van der Waals surface area (Å²) >= 11 is 2.56. The van der Waals surface area contributed by atoms with Crippen molar-refractivity contribution in [1.29, 1.82) is 0 Å². The Morgan fingerprint density at radius 3 is 2.87 bits per heavy atom. The minimum Gasteiger partial charge on any atom is -0.305 e. The minimum absolute atomic E-state index is 0.248. The SMILES string of the molecule is C#CCn1c(=NC(=O)C2CCCN2S(=O)(=O)c2cccs2)sc2c(C)cc(C)cc21. The second kappa shape index (κ2) is 8.12. The monoisotopic (exact) mass is 459 g/mol. The Morgan fingerprint density at radius 2 is 2.17 bits per heavy atom. The van der Waals surface area contributed by atoms with Gasteiger partial charge in [-0.2, -0.15) is 9.30 Å². The van der Waals surface area contributed by atoms with Gasteiger partial charge in [-0.15, -0.1) is 17.8 Å².